The first-order valence-corrected chi connectivity index (χ1v) is 9.79. The van der Waals surface area contributed by atoms with Crippen LogP contribution in [0.1, 0.15) is 10.4 Å². The number of hydrogen-bond donors (Lipinski definition) is 3. The van der Waals surface area contributed by atoms with Crippen molar-refractivity contribution in [1.82, 2.24) is 9.97 Å². The van der Waals surface area contributed by atoms with Crippen LogP contribution >= 0.6 is 0 Å². The molecule has 3 aromatic carbocycles. The molecular weight excluding hydrogens is 416 g/mol. The third kappa shape index (κ3) is 3.53. The van der Waals surface area contributed by atoms with Crippen molar-refractivity contribution in [2.24, 2.45) is 0 Å². The molecule has 2 heterocycles. The number of benzene rings is 3. The van der Waals surface area contributed by atoms with Gasteiger partial charge in [-0.3, -0.25) is 9.59 Å². The fourth-order valence-corrected chi connectivity index (χ4v) is 3.70. The summed E-state index contributed by atoms with van der Waals surface area (Å²) in [5.41, 5.74) is 3.40. The molecule has 1 aliphatic heterocycles. The van der Waals surface area contributed by atoms with Crippen molar-refractivity contribution in [3.8, 4) is 11.4 Å². The number of rotatable bonds is 3. The molecular formula is C23H17F2N5O2. The van der Waals surface area contributed by atoms with Gasteiger partial charge >= 0.3 is 0 Å². The summed E-state index contributed by atoms with van der Waals surface area (Å²) in [6.45, 7) is 0.254. The second-order valence-corrected chi connectivity index (χ2v) is 7.53. The molecule has 0 aliphatic carbocycles. The van der Waals surface area contributed by atoms with Gasteiger partial charge in [-0.1, -0.05) is 0 Å². The van der Waals surface area contributed by atoms with Gasteiger partial charge in [0.1, 0.15) is 17.5 Å². The predicted molar refractivity (Wildman–Crippen MR) is 118 cm³/mol. The highest BCUT2D eigenvalue weighted by Gasteiger charge is 2.20. The zero-order chi connectivity index (χ0) is 22.4. The molecule has 0 unspecified atom stereocenters. The van der Waals surface area contributed by atoms with Crippen LogP contribution in [0.5, 0.6) is 0 Å². The summed E-state index contributed by atoms with van der Waals surface area (Å²) >= 11 is 0. The number of aromatic amines is 1. The Morgan fingerprint density at radius 3 is 2.78 bits per heavy atom. The summed E-state index contributed by atoms with van der Waals surface area (Å²) in [7, 11) is 1.81. The van der Waals surface area contributed by atoms with Gasteiger partial charge in [0.2, 0.25) is 5.91 Å². The van der Waals surface area contributed by atoms with Gasteiger partial charge < -0.3 is 20.5 Å². The second kappa shape index (κ2) is 7.45. The average Bonchev–Trinajstić information content (AvgIpc) is 3.18. The number of amides is 2. The molecule has 32 heavy (non-hydrogen) atoms. The standard InChI is InChI=1S/C23H17F2N5O2/c1-30-11-21(31)27-19-8-12(2-7-20(19)30)23(32)26-14-4-6-17-18(10-14)29-22(28-17)15-9-13(24)3-5-16(15)25/h2-10H,11H2,1H3,(H,26,32)(H,27,31)(H,28,29). The van der Waals surface area contributed by atoms with Crippen molar-refractivity contribution in [1.29, 1.82) is 0 Å². The van der Waals surface area contributed by atoms with E-state index in [0.29, 0.717) is 28.0 Å². The molecule has 9 heteroatoms. The quantitative estimate of drug-likeness (QED) is 0.453. The van der Waals surface area contributed by atoms with Gasteiger partial charge in [-0.2, -0.15) is 0 Å². The summed E-state index contributed by atoms with van der Waals surface area (Å²) < 4.78 is 27.6. The Kier molecular flexibility index (Phi) is 4.58. The minimum atomic E-state index is -0.593. The molecule has 5 rings (SSSR count). The zero-order valence-corrected chi connectivity index (χ0v) is 16.9. The summed E-state index contributed by atoms with van der Waals surface area (Å²) in [4.78, 5) is 33.6. The van der Waals surface area contributed by atoms with Crippen LogP contribution in [0, 0.1) is 11.6 Å². The molecule has 1 aliphatic rings. The molecule has 0 bridgehead atoms. The Balaban J connectivity index is 1.41. The largest absolute Gasteiger partial charge is 0.364 e. The number of fused-ring (bicyclic) bond motifs is 2. The van der Waals surface area contributed by atoms with Crippen LogP contribution in [-0.4, -0.2) is 35.4 Å². The van der Waals surface area contributed by atoms with Gasteiger partial charge in [-0.25, -0.2) is 13.8 Å². The molecule has 0 saturated heterocycles. The van der Waals surface area contributed by atoms with E-state index in [2.05, 4.69) is 20.6 Å². The van der Waals surface area contributed by atoms with Gasteiger partial charge in [-0.15, -0.1) is 0 Å². The second-order valence-electron chi connectivity index (χ2n) is 7.53. The Labute approximate surface area is 181 Å². The maximum Gasteiger partial charge on any atom is 0.255 e. The summed E-state index contributed by atoms with van der Waals surface area (Å²) in [5, 5.41) is 5.57. The van der Waals surface area contributed by atoms with Gasteiger partial charge in [0, 0.05) is 18.3 Å². The first-order valence-electron chi connectivity index (χ1n) is 9.79. The zero-order valence-electron chi connectivity index (χ0n) is 16.9. The molecule has 2 amide bonds. The lowest BCUT2D eigenvalue weighted by molar-refractivity contribution is -0.115. The van der Waals surface area contributed by atoms with Crippen molar-refractivity contribution in [3.05, 3.63) is 71.8 Å². The Bertz CT molecular complexity index is 1400. The van der Waals surface area contributed by atoms with Crippen molar-refractivity contribution in [3.63, 3.8) is 0 Å². The minimum absolute atomic E-state index is 0.0212. The van der Waals surface area contributed by atoms with Crippen LogP contribution in [0.25, 0.3) is 22.4 Å². The van der Waals surface area contributed by atoms with Crippen LogP contribution in [0.4, 0.5) is 25.8 Å². The maximum atomic E-state index is 14.1. The van der Waals surface area contributed by atoms with Gasteiger partial charge in [0.25, 0.3) is 5.91 Å². The molecule has 7 nitrogen and oxygen atoms in total. The third-order valence-corrected chi connectivity index (χ3v) is 5.25. The molecule has 0 radical (unpaired) electrons. The minimum Gasteiger partial charge on any atom is -0.364 e. The van der Waals surface area contributed by atoms with E-state index in [1.54, 1.807) is 48.3 Å². The van der Waals surface area contributed by atoms with Crippen molar-refractivity contribution >= 4 is 39.9 Å². The van der Waals surface area contributed by atoms with Crippen molar-refractivity contribution in [2.45, 2.75) is 0 Å². The molecule has 0 spiro atoms. The molecule has 0 fully saturated rings. The average molecular weight is 433 g/mol. The third-order valence-electron chi connectivity index (χ3n) is 5.25. The topological polar surface area (TPSA) is 90.1 Å². The number of H-pyrrole nitrogens is 1. The number of carbonyl (C=O) groups excluding carboxylic acids is 2. The number of nitrogens with one attached hydrogen (secondary N) is 3. The number of nitrogens with zero attached hydrogens (tertiary/aromatic N) is 2. The lowest BCUT2D eigenvalue weighted by Crippen LogP contribution is -2.35. The number of hydrogen-bond acceptors (Lipinski definition) is 4. The Hall–Kier alpha value is -4.27. The highest BCUT2D eigenvalue weighted by molar-refractivity contribution is 6.08. The highest BCUT2D eigenvalue weighted by Crippen LogP contribution is 2.30. The van der Waals surface area contributed by atoms with Crippen molar-refractivity contribution < 1.29 is 18.4 Å². The fourth-order valence-electron chi connectivity index (χ4n) is 3.70. The number of aromatic nitrogens is 2. The fraction of sp³-hybridized carbons (Fsp3) is 0.0870. The number of carbonyl (C=O) groups is 2. The summed E-state index contributed by atoms with van der Waals surface area (Å²) in [6.07, 6.45) is 0. The van der Waals surface area contributed by atoms with E-state index in [1.165, 1.54) is 0 Å². The smallest absolute Gasteiger partial charge is 0.255 e. The first-order chi connectivity index (χ1) is 15.4. The van der Waals surface area contributed by atoms with E-state index in [-0.39, 0.29) is 29.7 Å². The number of anilines is 3. The normalized spacial score (nSPS) is 13.1. The van der Waals surface area contributed by atoms with E-state index in [1.807, 2.05) is 0 Å². The van der Waals surface area contributed by atoms with E-state index >= 15 is 0 Å². The molecule has 160 valence electrons. The molecule has 0 saturated carbocycles. The van der Waals surface area contributed by atoms with E-state index in [4.69, 9.17) is 0 Å². The SMILES string of the molecule is CN1CC(=O)Nc2cc(C(=O)Nc3ccc4nc(-c5cc(F)ccc5F)[nH]c4c3)ccc21. The predicted octanol–water partition coefficient (Wildman–Crippen LogP) is 4.15. The molecule has 1 aromatic heterocycles. The maximum absolute atomic E-state index is 14.1. The van der Waals surface area contributed by atoms with Crippen molar-refractivity contribution in [2.75, 3.05) is 29.1 Å². The number of halogens is 2. The number of likely N-dealkylation sites (N-methyl/N-ethyl adjacent to an activating group) is 1. The lowest BCUT2D eigenvalue weighted by Gasteiger charge is -2.27. The molecule has 4 aromatic rings. The summed E-state index contributed by atoms with van der Waals surface area (Å²) in [6, 6.07) is 13.2. The van der Waals surface area contributed by atoms with E-state index in [0.717, 1.165) is 23.9 Å². The Morgan fingerprint density at radius 2 is 1.94 bits per heavy atom. The van der Waals surface area contributed by atoms with Gasteiger partial charge in [-0.05, 0) is 54.6 Å². The van der Waals surface area contributed by atoms with Gasteiger partial charge in [0.05, 0.1) is 34.5 Å². The highest BCUT2D eigenvalue weighted by atomic mass is 19.1. The monoisotopic (exact) mass is 433 g/mol. The van der Waals surface area contributed by atoms with Crippen LogP contribution in [0.3, 0.4) is 0 Å². The number of imidazole rings is 1. The molecule has 3 N–H and O–H groups in total. The summed E-state index contributed by atoms with van der Waals surface area (Å²) in [5.74, 6) is -1.47. The van der Waals surface area contributed by atoms with Crippen LogP contribution in [0.15, 0.2) is 54.6 Å². The Morgan fingerprint density at radius 1 is 1.09 bits per heavy atom. The first kappa shape index (κ1) is 19.7. The lowest BCUT2D eigenvalue weighted by atomic mass is 10.1. The van der Waals surface area contributed by atoms with E-state index < -0.39 is 11.6 Å². The van der Waals surface area contributed by atoms with Crippen LogP contribution in [0.2, 0.25) is 0 Å². The molecule has 0 atom stereocenters. The van der Waals surface area contributed by atoms with E-state index in [9.17, 15) is 18.4 Å². The van der Waals surface area contributed by atoms with Crippen LogP contribution < -0.4 is 15.5 Å². The van der Waals surface area contributed by atoms with Crippen LogP contribution in [-0.2, 0) is 4.79 Å². The van der Waals surface area contributed by atoms with Gasteiger partial charge in [0.15, 0.2) is 0 Å².